The minimum atomic E-state index is 0.716. The summed E-state index contributed by atoms with van der Waals surface area (Å²) in [6.45, 7) is 5.25. The van der Waals surface area contributed by atoms with Crippen molar-refractivity contribution in [3.8, 4) is 0 Å². The van der Waals surface area contributed by atoms with E-state index in [-0.39, 0.29) is 0 Å². The number of hydrogen-bond donors (Lipinski definition) is 1. The Labute approximate surface area is 111 Å². The quantitative estimate of drug-likeness (QED) is 0.801. The molecule has 1 aromatic rings. The molecular weight excluding hydrogens is 282 g/mol. The maximum atomic E-state index is 5.63. The molecule has 0 radical (unpaired) electrons. The highest BCUT2D eigenvalue weighted by atomic mass is 79.9. The predicted octanol–water partition coefficient (Wildman–Crippen LogP) is 4.09. The number of halogens is 1. The summed E-state index contributed by atoms with van der Waals surface area (Å²) in [6.07, 6.45) is 2.23. The van der Waals surface area contributed by atoms with E-state index in [0.29, 0.717) is 6.54 Å². The molecule has 0 aliphatic rings. The van der Waals surface area contributed by atoms with E-state index in [0.717, 1.165) is 16.8 Å². The van der Waals surface area contributed by atoms with Gasteiger partial charge in [0, 0.05) is 9.37 Å². The molecule has 0 aliphatic heterocycles. The van der Waals surface area contributed by atoms with Crippen molar-refractivity contribution in [2.75, 3.05) is 12.3 Å². The standard InChI is InChI=1S/C13H20BrNS/c1-10(2)6-8-16-13-4-3-12(14)9-11(13)5-7-15/h3-4,9-10H,5-8,15H2,1-2H3. The maximum Gasteiger partial charge on any atom is 0.0178 e. The second-order valence-electron chi connectivity index (χ2n) is 4.32. The van der Waals surface area contributed by atoms with Gasteiger partial charge in [-0.2, -0.15) is 0 Å². The first-order chi connectivity index (χ1) is 7.63. The molecular formula is C13H20BrNS. The van der Waals surface area contributed by atoms with Gasteiger partial charge >= 0.3 is 0 Å². The van der Waals surface area contributed by atoms with Crippen molar-refractivity contribution in [3.63, 3.8) is 0 Å². The summed E-state index contributed by atoms with van der Waals surface area (Å²) in [5, 5.41) is 0. The van der Waals surface area contributed by atoms with E-state index in [1.807, 2.05) is 11.8 Å². The normalized spacial score (nSPS) is 11.1. The van der Waals surface area contributed by atoms with Crippen molar-refractivity contribution in [3.05, 3.63) is 28.2 Å². The molecule has 0 bridgehead atoms. The molecule has 2 N–H and O–H groups in total. The van der Waals surface area contributed by atoms with E-state index in [2.05, 4.69) is 48.0 Å². The summed E-state index contributed by atoms with van der Waals surface area (Å²) in [7, 11) is 0. The predicted molar refractivity (Wildman–Crippen MR) is 77.1 cm³/mol. The van der Waals surface area contributed by atoms with Gasteiger partial charge in [-0.25, -0.2) is 0 Å². The van der Waals surface area contributed by atoms with Crippen molar-refractivity contribution >= 4 is 27.7 Å². The zero-order chi connectivity index (χ0) is 12.0. The van der Waals surface area contributed by atoms with E-state index in [4.69, 9.17) is 5.73 Å². The molecule has 0 spiro atoms. The lowest BCUT2D eigenvalue weighted by Crippen LogP contribution is -2.04. The lowest BCUT2D eigenvalue weighted by Gasteiger charge is -2.10. The summed E-state index contributed by atoms with van der Waals surface area (Å²) >= 11 is 5.46. The molecule has 0 heterocycles. The fraction of sp³-hybridized carbons (Fsp3) is 0.538. The molecule has 0 fully saturated rings. The summed E-state index contributed by atoms with van der Waals surface area (Å²) < 4.78 is 1.14. The monoisotopic (exact) mass is 301 g/mol. The van der Waals surface area contributed by atoms with Gasteiger partial charge in [0.2, 0.25) is 0 Å². The lowest BCUT2D eigenvalue weighted by molar-refractivity contribution is 0.632. The molecule has 0 saturated carbocycles. The third-order valence-corrected chi connectivity index (χ3v) is 4.03. The van der Waals surface area contributed by atoms with Crippen LogP contribution in [0.2, 0.25) is 0 Å². The third-order valence-electron chi connectivity index (χ3n) is 2.39. The highest BCUT2D eigenvalue weighted by Crippen LogP contribution is 2.27. The van der Waals surface area contributed by atoms with Crippen molar-refractivity contribution in [1.29, 1.82) is 0 Å². The number of rotatable bonds is 6. The Hall–Kier alpha value is 0.01000. The van der Waals surface area contributed by atoms with Gasteiger partial charge in [0.05, 0.1) is 0 Å². The summed E-state index contributed by atoms with van der Waals surface area (Å²) in [5.41, 5.74) is 7.00. The smallest absolute Gasteiger partial charge is 0.0178 e. The first-order valence-electron chi connectivity index (χ1n) is 5.74. The van der Waals surface area contributed by atoms with Crippen LogP contribution >= 0.6 is 27.7 Å². The van der Waals surface area contributed by atoms with Crippen LogP contribution in [0.3, 0.4) is 0 Å². The Morgan fingerprint density at radius 3 is 2.75 bits per heavy atom. The van der Waals surface area contributed by atoms with Gasteiger partial charge in [-0.3, -0.25) is 0 Å². The molecule has 1 aromatic carbocycles. The first kappa shape index (κ1) is 14.1. The van der Waals surface area contributed by atoms with Crippen LogP contribution in [-0.2, 0) is 6.42 Å². The number of thioether (sulfide) groups is 1. The molecule has 16 heavy (non-hydrogen) atoms. The Balaban J connectivity index is 2.63. The van der Waals surface area contributed by atoms with Crippen LogP contribution in [0.25, 0.3) is 0 Å². The number of hydrogen-bond acceptors (Lipinski definition) is 2. The van der Waals surface area contributed by atoms with Crippen LogP contribution in [0.1, 0.15) is 25.8 Å². The summed E-state index contributed by atoms with van der Waals surface area (Å²) in [4.78, 5) is 1.38. The maximum absolute atomic E-state index is 5.63. The molecule has 1 rings (SSSR count). The highest BCUT2D eigenvalue weighted by molar-refractivity contribution is 9.10. The highest BCUT2D eigenvalue weighted by Gasteiger charge is 2.04. The van der Waals surface area contributed by atoms with Crippen LogP contribution in [-0.4, -0.2) is 12.3 Å². The van der Waals surface area contributed by atoms with E-state index in [1.54, 1.807) is 0 Å². The minimum absolute atomic E-state index is 0.716. The van der Waals surface area contributed by atoms with Crippen LogP contribution in [0.4, 0.5) is 0 Å². The Bertz CT molecular complexity index is 326. The Morgan fingerprint density at radius 1 is 1.38 bits per heavy atom. The van der Waals surface area contributed by atoms with Crippen LogP contribution in [0, 0.1) is 5.92 Å². The molecule has 0 atom stereocenters. The molecule has 0 amide bonds. The Kier molecular flexibility index (Phi) is 6.47. The van der Waals surface area contributed by atoms with Gasteiger partial charge in [0.25, 0.3) is 0 Å². The molecule has 3 heteroatoms. The van der Waals surface area contributed by atoms with Crippen LogP contribution < -0.4 is 5.73 Å². The fourth-order valence-electron chi connectivity index (χ4n) is 1.44. The van der Waals surface area contributed by atoms with Gasteiger partial charge in [-0.1, -0.05) is 29.8 Å². The van der Waals surface area contributed by atoms with Crippen LogP contribution in [0.15, 0.2) is 27.6 Å². The summed E-state index contributed by atoms with van der Waals surface area (Å²) in [6, 6.07) is 6.49. The first-order valence-corrected chi connectivity index (χ1v) is 7.52. The fourth-order valence-corrected chi connectivity index (χ4v) is 3.17. The van der Waals surface area contributed by atoms with Crippen molar-refractivity contribution < 1.29 is 0 Å². The van der Waals surface area contributed by atoms with Gasteiger partial charge in [0.1, 0.15) is 0 Å². The molecule has 1 nitrogen and oxygen atoms in total. The zero-order valence-electron chi connectivity index (χ0n) is 10.0. The largest absolute Gasteiger partial charge is 0.330 e. The van der Waals surface area contributed by atoms with Crippen molar-refractivity contribution in [1.82, 2.24) is 0 Å². The molecule has 0 saturated heterocycles. The third kappa shape index (κ3) is 4.89. The van der Waals surface area contributed by atoms with Crippen molar-refractivity contribution in [2.45, 2.75) is 31.6 Å². The average molecular weight is 302 g/mol. The van der Waals surface area contributed by atoms with Gasteiger partial charge in [-0.05, 0) is 54.8 Å². The SMILES string of the molecule is CC(C)CCSc1ccc(Br)cc1CCN. The number of benzene rings is 1. The van der Waals surface area contributed by atoms with E-state index in [1.165, 1.54) is 22.6 Å². The lowest BCUT2D eigenvalue weighted by atomic mass is 10.1. The molecule has 0 aliphatic carbocycles. The van der Waals surface area contributed by atoms with Gasteiger partial charge in [-0.15, -0.1) is 11.8 Å². The Morgan fingerprint density at radius 2 is 2.12 bits per heavy atom. The molecule has 0 unspecified atom stereocenters. The minimum Gasteiger partial charge on any atom is -0.330 e. The van der Waals surface area contributed by atoms with Crippen molar-refractivity contribution in [2.24, 2.45) is 11.7 Å². The molecule has 90 valence electrons. The summed E-state index contributed by atoms with van der Waals surface area (Å²) in [5.74, 6) is 1.97. The average Bonchev–Trinajstić information content (AvgIpc) is 2.21. The molecule has 0 aromatic heterocycles. The van der Waals surface area contributed by atoms with Gasteiger partial charge < -0.3 is 5.73 Å². The van der Waals surface area contributed by atoms with E-state index in [9.17, 15) is 0 Å². The van der Waals surface area contributed by atoms with Crippen LogP contribution in [0.5, 0.6) is 0 Å². The zero-order valence-corrected chi connectivity index (χ0v) is 12.4. The van der Waals surface area contributed by atoms with Gasteiger partial charge in [0.15, 0.2) is 0 Å². The topological polar surface area (TPSA) is 26.0 Å². The number of nitrogens with two attached hydrogens (primary N) is 1. The second kappa shape index (κ2) is 7.36. The van der Waals surface area contributed by atoms with E-state index >= 15 is 0 Å². The van der Waals surface area contributed by atoms with E-state index < -0.39 is 0 Å². The second-order valence-corrected chi connectivity index (χ2v) is 6.37.